The molecule has 1 heterocycles. The molecule has 1 fully saturated rings. The van der Waals surface area contributed by atoms with E-state index < -0.39 is 0 Å². The van der Waals surface area contributed by atoms with Gasteiger partial charge in [0.05, 0.1) is 6.04 Å². The van der Waals surface area contributed by atoms with Crippen molar-refractivity contribution < 1.29 is 18.7 Å². The third-order valence-electron chi connectivity index (χ3n) is 3.85. The molecule has 0 bridgehead atoms. The molecule has 2 rings (SSSR count). The Morgan fingerprint density at radius 1 is 1.43 bits per heavy atom. The maximum atomic E-state index is 13.0. The summed E-state index contributed by atoms with van der Waals surface area (Å²) in [5, 5.41) is 2.83. The first kappa shape index (κ1) is 17.1. The van der Waals surface area contributed by atoms with Crippen LogP contribution in [-0.2, 0) is 4.79 Å². The van der Waals surface area contributed by atoms with Gasteiger partial charge in [-0.3, -0.25) is 4.79 Å². The van der Waals surface area contributed by atoms with Crippen molar-refractivity contribution in [3.05, 3.63) is 30.1 Å². The third-order valence-corrected chi connectivity index (χ3v) is 3.85. The summed E-state index contributed by atoms with van der Waals surface area (Å²) < 4.78 is 18.5. The number of likely N-dealkylation sites (tertiary alicyclic amines) is 1. The van der Waals surface area contributed by atoms with Crippen LogP contribution in [0.15, 0.2) is 24.3 Å². The van der Waals surface area contributed by atoms with E-state index in [1.165, 1.54) is 12.1 Å². The van der Waals surface area contributed by atoms with Crippen LogP contribution in [0.4, 0.5) is 9.18 Å². The second kappa shape index (κ2) is 7.80. The van der Waals surface area contributed by atoms with E-state index in [9.17, 15) is 14.0 Å². The molecular weight excluding hydrogens is 301 g/mol. The Morgan fingerprint density at radius 2 is 2.13 bits per heavy atom. The predicted molar refractivity (Wildman–Crippen MR) is 83.4 cm³/mol. The Labute approximate surface area is 134 Å². The minimum atomic E-state index is -0.364. The first-order valence-corrected chi connectivity index (χ1v) is 7.69. The Morgan fingerprint density at radius 3 is 2.74 bits per heavy atom. The number of primary amides is 1. The van der Waals surface area contributed by atoms with Crippen LogP contribution in [0.1, 0.15) is 19.8 Å². The van der Waals surface area contributed by atoms with Crippen molar-refractivity contribution >= 4 is 11.9 Å². The van der Waals surface area contributed by atoms with Gasteiger partial charge in [0.1, 0.15) is 18.2 Å². The fourth-order valence-corrected chi connectivity index (χ4v) is 2.49. The standard InChI is InChI=1S/C16H22FN3O3/c1-11(10-23-14-4-2-3-13(17)9-14)19-16(22)20-7-5-12(6-8-20)15(18)21/h2-4,9,11-12H,5-8,10H2,1H3,(H2,18,21)(H,19,22). The number of urea groups is 1. The molecule has 23 heavy (non-hydrogen) atoms. The minimum absolute atomic E-state index is 0.146. The first-order chi connectivity index (χ1) is 11.0. The number of carbonyl (C=O) groups is 2. The van der Waals surface area contributed by atoms with Gasteiger partial charge in [-0.1, -0.05) is 6.07 Å². The zero-order valence-corrected chi connectivity index (χ0v) is 13.1. The molecule has 1 saturated heterocycles. The molecule has 0 radical (unpaired) electrons. The summed E-state index contributed by atoms with van der Waals surface area (Å²) in [6.45, 7) is 3.08. The van der Waals surface area contributed by atoms with Gasteiger partial charge in [0.2, 0.25) is 5.91 Å². The van der Waals surface area contributed by atoms with Crippen molar-refractivity contribution in [2.45, 2.75) is 25.8 Å². The first-order valence-electron chi connectivity index (χ1n) is 7.69. The van der Waals surface area contributed by atoms with E-state index in [0.29, 0.717) is 31.7 Å². The molecule has 0 aliphatic carbocycles. The number of nitrogens with one attached hydrogen (secondary N) is 1. The Balaban J connectivity index is 1.73. The van der Waals surface area contributed by atoms with E-state index in [1.54, 1.807) is 17.0 Å². The summed E-state index contributed by atoms with van der Waals surface area (Å²) in [4.78, 5) is 24.9. The maximum absolute atomic E-state index is 13.0. The van der Waals surface area contributed by atoms with Crippen LogP contribution in [0.5, 0.6) is 5.75 Å². The van der Waals surface area contributed by atoms with Crippen molar-refractivity contribution in [2.75, 3.05) is 19.7 Å². The number of halogens is 1. The fourth-order valence-electron chi connectivity index (χ4n) is 2.49. The number of rotatable bonds is 5. The summed E-state index contributed by atoms with van der Waals surface area (Å²) in [5.74, 6) is -0.389. The molecule has 3 amide bonds. The van der Waals surface area contributed by atoms with Crippen LogP contribution < -0.4 is 15.8 Å². The number of ether oxygens (including phenoxy) is 1. The van der Waals surface area contributed by atoms with Crippen molar-refractivity contribution in [3.63, 3.8) is 0 Å². The number of benzene rings is 1. The zero-order valence-electron chi connectivity index (χ0n) is 13.1. The van der Waals surface area contributed by atoms with E-state index in [1.807, 2.05) is 6.92 Å². The molecule has 3 N–H and O–H groups in total. The van der Waals surface area contributed by atoms with E-state index in [0.717, 1.165) is 0 Å². The van der Waals surface area contributed by atoms with Gasteiger partial charge in [0.15, 0.2) is 0 Å². The number of hydrogen-bond acceptors (Lipinski definition) is 3. The SMILES string of the molecule is CC(COc1cccc(F)c1)NC(=O)N1CCC(C(N)=O)CC1. The summed E-state index contributed by atoms with van der Waals surface area (Å²) in [7, 11) is 0. The van der Waals surface area contributed by atoms with E-state index >= 15 is 0 Å². The smallest absolute Gasteiger partial charge is 0.317 e. The van der Waals surface area contributed by atoms with Gasteiger partial charge in [-0.2, -0.15) is 0 Å². The van der Waals surface area contributed by atoms with Crippen molar-refractivity contribution in [1.82, 2.24) is 10.2 Å². The summed E-state index contributed by atoms with van der Waals surface area (Å²) in [6, 6.07) is 5.45. The van der Waals surface area contributed by atoms with Crippen LogP contribution in [0.2, 0.25) is 0 Å². The highest BCUT2D eigenvalue weighted by molar-refractivity contribution is 5.78. The van der Waals surface area contributed by atoms with Crippen molar-refractivity contribution in [3.8, 4) is 5.75 Å². The summed E-state index contributed by atoms with van der Waals surface area (Å²) in [6.07, 6.45) is 1.19. The molecule has 6 nitrogen and oxygen atoms in total. The number of hydrogen-bond donors (Lipinski definition) is 2. The normalized spacial score (nSPS) is 16.7. The summed E-state index contributed by atoms with van der Waals surface area (Å²) >= 11 is 0. The molecule has 0 spiro atoms. The second-order valence-corrected chi connectivity index (χ2v) is 5.78. The highest BCUT2D eigenvalue weighted by atomic mass is 19.1. The summed E-state index contributed by atoms with van der Waals surface area (Å²) in [5.41, 5.74) is 5.27. The van der Waals surface area contributed by atoms with Crippen LogP contribution in [0, 0.1) is 11.7 Å². The van der Waals surface area contributed by atoms with Crippen LogP contribution in [-0.4, -0.2) is 42.6 Å². The van der Waals surface area contributed by atoms with Gasteiger partial charge < -0.3 is 20.7 Å². The second-order valence-electron chi connectivity index (χ2n) is 5.78. The Kier molecular flexibility index (Phi) is 5.78. The van der Waals surface area contributed by atoms with Crippen molar-refractivity contribution in [2.24, 2.45) is 11.7 Å². The Bertz CT molecular complexity index is 559. The van der Waals surface area contributed by atoms with E-state index in [-0.39, 0.29) is 36.3 Å². The lowest BCUT2D eigenvalue weighted by molar-refractivity contribution is -0.123. The topological polar surface area (TPSA) is 84.7 Å². The molecule has 1 aliphatic heterocycles. The molecule has 1 unspecified atom stereocenters. The molecule has 0 aromatic heterocycles. The number of nitrogens with two attached hydrogens (primary N) is 1. The largest absolute Gasteiger partial charge is 0.491 e. The average molecular weight is 323 g/mol. The fraction of sp³-hybridized carbons (Fsp3) is 0.500. The lowest BCUT2D eigenvalue weighted by atomic mass is 9.96. The number of carbonyl (C=O) groups excluding carboxylic acids is 2. The molecule has 1 atom stereocenters. The van der Waals surface area contributed by atoms with Crippen LogP contribution in [0.25, 0.3) is 0 Å². The predicted octanol–water partition coefficient (Wildman–Crippen LogP) is 1.50. The lowest BCUT2D eigenvalue weighted by Gasteiger charge is -2.31. The monoisotopic (exact) mass is 323 g/mol. The van der Waals surface area contributed by atoms with Gasteiger partial charge in [-0.15, -0.1) is 0 Å². The molecule has 126 valence electrons. The molecule has 1 aliphatic rings. The zero-order chi connectivity index (χ0) is 16.8. The maximum Gasteiger partial charge on any atom is 0.317 e. The number of amides is 3. The number of nitrogens with zero attached hydrogens (tertiary/aromatic N) is 1. The highest BCUT2D eigenvalue weighted by Gasteiger charge is 2.26. The Hall–Kier alpha value is -2.31. The molecule has 7 heteroatoms. The van der Waals surface area contributed by atoms with Gasteiger partial charge >= 0.3 is 6.03 Å². The number of piperidine rings is 1. The average Bonchev–Trinajstić information content (AvgIpc) is 2.53. The van der Waals surface area contributed by atoms with Crippen LogP contribution in [0.3, 0.4) is 0 Å². The van der Waals surface area contributed by atoms with E-state index in [4.69, 9.17) is 10.5 Å². The van der Waals surface area contributed by atoms with E-state index in [2.05, 4.69) is 5.32 Å². The molecule has 1 aromatic rings. The minimum Gasteiger partial charge on any atom is -0.491 e. The van der Waals surface area contributed by atoms with Gasteiger partial charge in [-0.05, 0) is 31.9 Å². The quantitative estimate of drug-likeness (QED) is 0.861. The molecule has 1 aromatic carbocycles. The highest BCUT2D eigenvalue weighted by Crippen LogP contribution is 2.16. The van der Waals surface area contributed by atoms with Gasteiger partial charge in [0, 0.05) is 25.1 Å². The molecule has 0 saturated carbocycles. The molecular formula is C16H22FN3O3. The third kappa shape index (κ3) is 5.12. The van der Waals surface area contributed by atoms with Gasteiger partial charge in [0.25, 0.3) is 0 Å². The van der Waals surface area contributed by atoms with Gasteiger partial charge in [-0.25, -0.2) is 9.18 Å². The van der Waals surface area contributed by atoms with Crippen LogP contribution >= 0.6 is 0 Å². The lowest BCUT2D eigenvalue weighted by Crippen LogP contribution is -2.49. The van der Waals surface area contributed by atoms with Crippen molar-refractivity contribution in [1.29, 1.82) is 0 Å².